The topological polar surface area (TPSA) is 96.5 Å². The summed E-state index contributed by atoms with van der Waals surface area (Å²) in [6.07, 6.45) is 3.28. The molecule has 3 rings (SSSR count). The first-order valence-corrected chi connectivity index (χ1v) is 8.55. The maximum Gasteiger partial charge on any atom is 0.264 e. The third-order valence-corrected chi connectivity index (χ3v) is 4.69. The maximum absolute atomic E-state index is 12.5. The number of hydrogen-bond donors (Lipinski definition) is 1. The standard InChI is InChI=1S/C16H24N6O3/c1-3-12(23)9-20-4-6-21(7-5-20)14(24)10-22-11-17-15-13(16(22)25)8-18-19(15)2/h8,11-12,23H,3-7,9-10H2,1-2H3. The molecule has 136 valence electrons. The molecular weight excluding hydrogens is 324 g/mol. The zero-order valence-electron chi connectivity index (χ0n) is 14.6. The van der Waals surface area contributed by atoms with Gasteiger partial charge in [-0.15, -0.1) is 0 Å². The zero-order chi connectivity index (χ0) is 18.0. The summed E-state index contributed by atoms with van der Waals surface area (Å²) in [5.41, 5.74) is 0.257. The van der Waals surface area contributed by atoms with Gasteiger partial charge in [0.25, 0.3) is 5.56 Å². The molecule has 1 atom stereocenters. The van der Waals surface area contributed by atoms with E-state index in [1.807, 2.05) is 6.92 Å². The van der Waals surface area contributed by atoms with Gasteiger partial charge >= 0.3 is 0 Å². The maximum atomic E-state index is 12.5. The average molecular weight is 348 g/mol. The Kier molecular flexibility index (Phi) is 5.14. The summed E-state index contributed by atoms with van der Waals surface area (Å²) in [6, 6.07) is 0. The van der Waals surface area contributed by atoms with Gasteiger partial charge in [0.15, 0.2) is 5.65 Å². The zero-order valence-corrected chi connectivity index (χ0v) is 14.6. The lowest BCUT2D eigenvalue weighted by atomic mass is 10.2. The van der Waals surface area contributed by atoms with Crippen LogP contribution in [-0.4, -0.2) is 79.0 Å². The number of piperazine rings is 1. The number of nitrogens with zero attached hydrogens (tertiary/aromatic N) is 6. The Morgan fingerprint density at radius 1 is 1.32 bits per heavy atom. The van der Waals surface area contributed by atoms with E-state index in [2.05, 4.69) is 15.0 Å². The van der Waals surface area contributed by atoms with E-state index in [0.717, 1.165) is 19.5 Å². The molecule has 1 N–H and O–H groups in total. The Balaban J connectivity index is 1.62. The average Bonchev–Trinajstić information content (AvgIpc) is 2.99. The van der Waals surface area contributed by atoms with Crippen LogP contribution in [0.4, 0.5) is 0 Å². The first-order valence-electron chi connectivity index (χ1n) is 8.55. The summed E-state index contributed by atoms with van der Waals surface area (Å²) in [4.78, 5) is 33.1. The normalized spacial score (nSPS) is 17.2. The van der Waals surface area contributed by atoms with Crippen molar-refractivity contribution in [3.63, 3.8) is 0 Å². The molecule has 25 heavy (non-hydrogen) atoms. The SMILES string of the molecule is CCC(O)CN1CCN(C(=O)Cn2cnc3c(cnn3C)c2=O)CC1. The number of aryl methyl sites for hydroxylation is 1. The van der Waals surface area contributed by atoms with E-state index in [9.17, 15) is 14.7 Å². The Morgan fingerprint density at radius 3 is 2.72 bits per heavy atom. The van der Waals surface area contributed by atoms with Gasteiger partial charge in [-0.25, -0.2) is 4.98 Å². The van der Waals surface area contributed by atoms with Crippen molar-refractivity contribution >= 4 is 16.9 Å². The summed E-state index contributed by atoms with van der Waals surface area (Å²) < 4.78 is 2.87. The highest BCUT2D eigenvalue weighted by molar-refractivity contribution is 5.77. The number of β-amino-alcohol motifs (C(OH)–C–C–N with tert-alkyl or cyclic N) is 1. The highest BCUT2D eigenvalue weighted by atomic mass is 16.3. The van der Waals surface area contributed by atoms with Gasteiger partial charge in [-0.1, -0.05) is 6.92 Å². The number of aromatic nitrogens is 4. The van der Waals surface area contributed by atoms with E-state index in [1.165, 1.54) is 21.8 Å². The third kappa shape index (κ3) is 3.72. The van der Waals surface area contributed by atoms with Crippen LogP contribution < -0.4 is 5.56 Å². The van der Waals surface area contributed by atoms with Crippen molar-refractivity contribution < 1.29 is 9.90 Å². The fourth-order valence-corrected chi connectivity index (χ4v) is 3.03. The van der Waals surface area contributed by atoms with Crippen molar-refractivity contribution in [1.29, 1.82) is 0 Å². The minimum Gasteiger partial charge on any atom is -0.392 e. The van der Waals surface area contributed by atoms with Crippen LogP contribution in [0.3, 0.4) is 0 Å². The number of amides is 1. The molecule has 3 heterocycles. The molecule has 2 aromatic heterocycles. The van der Waals surface area contributed by atoms with Crippen molar-refractivity contribution in [2.75, 3.05) is 32.7 Å². The van der Waals surface area contributed by atoms with Crippen LogP contribution in [0.5, 0.6) is 0 Å². The van der Waals surface area contributed by atoms with Crippen molar-refractivity contribution in [3.05, 3.63) is 22.9 Å². The molecule has 1 aliphatic heterocycles. The van der Waals surface area contributed by atoms with Gasteiger partial charge < -0.3 is 10.0 Å². The molecule has 0 saturated carbocycles. The third-order valence-electron chi connectivity index (χ3n) is 4.69. The minimum absolute atomic E-state index is 0.0196. The fraction of sp³-hybridized carbons (Fsp3) is 0.625. The molecule has 1 aliphatic rings. The summed E-state index contributed by atoms with van der Waals surface area (Å²) in [5.74, 6) is -0.0946. The van der Waals surface area contributed by atoms with Crippen LogP contribution in [0.1, 0.15) is 13.3 Å². The van der Waals surface area contributed by atoms with Crippen LogP contribution in [0.2, 0.25) is 0 Å². The van der Waals surface area contributed by atoms with Gasteiger partial charge in [0.05, 0.1) is 12.3 Å². The Labute approximate surface area is 145 Å². The van der Waals surface area contributed by atoms with Crippen LogP contribution >= 0.6 is 0 Å². The van der Waals surface area contributed by atoms with Crippen LogP contribution in [0, 0.1) is 0 Å². The summed E-state index contributed by atoms with van der Waals surface area (Å²) in [5, 5.41) is 14.2. The van der Waals surface area contributed by atoms with Crippen molar-refractivity contribution in [2.24, 2.45) is 7.05 Å². The molecule has 0 spiro atoms. The lowest BCUT2D eigenvalue weighted by molar-refractivity contribution is -0.133. The van der Waals surface area contributed by atoms with E-state index in [1.54, 1.807) is 11.9 Å². The van der Waals surface area contributed by atoms with E-state index >= 15 is 0 Å². The van der Waals surface area contributed by atoms with Crippen molar-refractivity contribution in [2.45, 2.75) is 26.0 Å². The van der Waals surface area contributed by atoms with Crippen molar-refractivity contribution in [3.8, 4) is 0 Å². The van der Waals surface area contributed by atoms with Gasteiger partial charge in [-0.2, -0.15) is 5.10 Å². The van der Waals surface area contributed by atoms with Crippen LogP contribution in [-0.2, 0) is 18.4 Å². The molecule has 9 nitrogen and oxygen atoms in total. The number of hydrogen-bond acceptors (Lipinski definition) is 6. The van der Waals surface area contributed by atoms with Gasteiger partial charge in [0.2, 0.25) is 5.91 Å². The van der Waals surface area contributed by atoms with E-state index in [0.29, 0.717) is 30.7 Å². The second kappa shape index (κ2) is 7.32. The smallest absolute Gasteiger partial charge is 0.264 e. The second-order valence-electron chi connectivity index (χ2n) is 6.43. The Bertz CT molecular complexity index is 806. The lowest BCUT2D eigenvalue weighted by Crippen LogP contribution is -2.51. The van der Waals surface area contributed by atoms with Crippen molar-refractivity contribution in [1.82, 2.24) is 29.1 Å². The number of carbonyl (C=O) groups excluding carboxylic acids is 1. The monoisotopic (exact) mass is 348 g/mol. The van der Waals surface area contributed by atoms with E-state index < -0.39 is 0 Å². The minimum atomic E-state index is -0.321. The number of aliphatic hydroxyl groups is 1. The predicted octanol–water partition coefficient (Wildman–Crippen LogP) is -0.955. The molecular formula is C16H24N6O3. The molecule has 1 unspecified atom stereocenters. The number of carbonyl (C=O) groups is 1. The molecule has 0 radical (unpaired) electrons. The van der Waals surface area contributed by atoms with Crippen LogP contribution in [0.25, 0.3) is 11.0 Å². The lowest BCUT2D eigenvalue weighted by Gasteiger charge is -2.35. The number of aliphatic hydroxyl groups excluding tert-OH is 1. The Hall–Kier alpha value is -2.26. The highest BCUT2D eigenvalue weighted by Gasteiger charge is 2.23. The quantitative estimate of drug-likeness (QED) is 0.748. The molecule has 1 saturated heterocycles. The fourth-order valence-electron chi connectivity index (χ4n) is 3.03. The summed E-state index contributed by atoms with van der Waals surface area (Å²) in [7, 11) is 1.72. The largest absolute Gasteiger partial charge is 0.392 e. The van der Waals surface area contributed by atoms with Gasteiger partial charge in [-0.3, -0.25) is 23.7 Å². The molecule has 2 aromatic rings. The number of rotatable bonds is 5. The molecule has 1 fully saturated rings. The van der Waals surface area contributed by atoms with E-state index in [-0.39, 0.29) is 24.1 Å². The summed E-state index contributed by atoms with van der Waals surface area (Å²) >= 11 is 0. The Morgan fingerprint density at radius 2 is 2.04 bits per heavy atom. The predicted molar refractivity (Wildman–Crippen MR) is 92.1 cm³/mol. The van der Waals surface area contributed by atoms with Crippen LogP contribution in [0.15, 0.2) is 17.3 Å². The highest BCUT2D eigenvalue weighted by Crippen LogP contribution is 2.06. The first kappa shape index (κ1) is 17.6. The number of fused-ring (bicyclic) bond motifs is 1. The molecule has 0 aromatic carbocycles. The second-order valence-corrected chi connectivity index (χ2v) is 6.43. The van der Waals surface area contributed by atoms with Gasteiger partial charge in [-0.05, 0) is 6.42 Å². The molecule has 1 amide bonds. The van der Waals surface area contributed by atoms with Gasteiger partial charge in [0, 0.05) is 39.8 Å². The first-order chi connectivity index (χ1) is 12.0. The molecule has 9 heteroatoms. The van der Waals surface area contributed by atoms with Gasteiger partial charge in [0.1, 0.15) is 18.3 Å². The summed E-state index contributed by atoms with van der Waals surface area (Å²) in [6.45, 7) is 5.25. The molecule has 0 aliphatic carbocycles. The van der Waals surface area contributed by atoms with E-state index in [4.69, 9.17) is 0 Å². The molecule has 0 bridgehead atoms.